The Balaban J connectivity index is 1.81. The second-order valence-electron chi connectivity index (χ2n) is 5.44. The molecule has 1 fully saturated rings. The van der Waals surface area contributed by atoms with Crippen LogP contribution in [0.3, 0.4) is 0 Å². The molecule has 2 rings (SSSR count). The van der Waals surface area contributed by atoms with Gasteiger partial charge in [-0.15, -0.1) is 0 Å². The molecule has 0 atom stereocenters. The van der Waals surface area contributed by atoms with Gasteiger partial charge >= 0.3 is 0 Å². The van der Waals surface area contributed by atoms with Gasteiger partial charge in [-0.3, -0.25) is 4.90 Å². The highest BCUT2D eigenvalue weighted by Crippen LogP contribution is 2.14. The van der Waals surface area contributed by atoms with Crippen molar-refractivity contribution in [1.29, 1.82) is 0 Å². The minimum absolute atomic E-state index is 0.611. The third kappa shape index (κ3) is 4.20. The van der Waals surface area contributed by atoms with Gasteiger partial charge in [0.05, 0.1) is 0 Å². The van der Waals surface area contributed by atoms with Crippen LogP contribution in [0.4, 0.5) is 5.69 Å². The monoisotopic (exact) mass is 262 g/mol. The minimum Gasteiger partial charge on any atom is -0.373 e. The van der Waals surface area contributed by atoms with E-state index in [1.165, 1.54) is 37.4 Å². The molecule has 0 unspecified atom stereocenters. The number of hydrogen-bond donors (Lipinski definition) is 1. The number of benzene rings is 1. The van der Waals surface area contributed by atoms with Crippen molar-refractivity contribution in [1.82, 2.24) is 9.80 Å². The lowest BCUT2D eigenvalue weighted by molar-refractivity contribution is 0.157. The highest BCUT2D eigenvalue weighted by atomic mass is 15.3. The molecular weight excluding hydrogens is 236 g/mol. The van der Waals surface area contributed by atoms with E-state index in [0.29, 0.717) is 6.54 Å². The smallest absolute Gasteiger partial charge is 0.0367 e. The lowest BCUT2D eigenvalue weighted by Crippen LogP contribution is -2.46. The van der Waals surface area contributed by atoms with Crippen LogP contribution < -0.4 is 10.6 Å². The first-order chi connectivity index (χ1) is 9.19. The molecule has 0 aliphatic carbocycles. The van der Waals surface area contributed by atoms with Crippen LogP contribution in [-0.2, 0) is 6.54 Å². The lowest BCUT2D eigenvalue weighted by Gasteiger charge is -2.33. The molecule has 4 heteroatoms. The van der Waals surface area contributed by atoms with Gasteiger partial charge in [-0.1, -0.05) is 12.1 Å². The highest BCUT2D eigenvalue weighted by Gasteiger charge is 2.13. The van der Waals surface area contributed by atoms with Gasteiger partial charge in [-0.2, -0.15) is 0 Å². The molecule has 0 amide bonds. The first-order valence-electron chi connectivity index (χ1n) is 7.10. The number of anilines is 1. The van der Waals surface area contributed by atoms with E-state index in [9.17, 15) is 0 Å². The van der Waals surface area contributed by atoms with Crippen molar-refractivity contribution in [2.45, 2.75) is 6.54 Å². The standard InChI is InChI=1S/C15H26N4/c1-17-6-9-19(10-7-17)11-8-18(2)15-5-3-4-14(12-15)13-16/h3-5,12H,6-11,13,16H2,1-2H3. The molecule has 1 aromatic carbocycles. The number of likely N-dealkylation sites (N-methyl/N-ethyl adjacent to an activating group) is 2. The molecule has 19 heavy (non-hydrogen) atoms. The maximum Gasteiger partial charge on any atom is 0.0367 e. The van der Waals surface area contributed by atoms with Gasteiger partial charge in [0.15, 0.2) is 0 Å². The van der Waals surface area contributed by atoms with Crippen molar-refractivity contribution in [3.8, 4) is 0 Å². The Labute approximate surface area is 116 Å². The number of hydrogen-bond acceptors (Lipinski definition) is 4. The fourth-order valence-electron chi connectivity index (χ4n) is 2.41. The topological polar surface area (TPSA) is 35.7 Å². The molecule has 1 saturated heterocycles. The Morgan fingerprint density at radius 2 is 1.95 bits per heavy atom. The van der Waals surface area contributed by atoms with E-state index in [1.54, 1.807) is 0 Å². The molecule has 0 bridgehead atoms. The molecular formula is C15H26N4. The van der Waals surface area contributed by atoms with Gasteiger partial charge in [0.25, 0.3) is 0 Å². The zero-order valence-electron chi connectivity index (χ0n) is 12.2. The zero-order valence-corrected chi connectivity index (χ0v) is 12.2. The Kier molecular flexibility index (Phi) is 5.19. The van der Waals surface area contributed by atoms with Crippen LogP contribution >= 0.6 is 0 Å². The summed E-state index contributed by atoms with van der Waals surface area (Å²) in [5.41, 5.74) is 8.15. The summed E-state index contributed by atoms with van der Waals surface area (Å²) in [5, 5.41) is 0. The van der Waals surface area contributed by atoms with Crippen LogP contribution in [0.1, 0.15) is 5.56 Å². The van der Waals surface area contributed by atoms with Crippen LogP contribution in [0.2, 0.25) is 0 Å². The van der Waals surface area contributed by atoms with Crippen LogP contribution in [0.15, 0.2) is 24.3 Å². The molecule has 0 saturated carbocycles. The van der Waals surface area contributed by atoms with E-state index >= 15 is 0 Å². The minimum atomic E-state index is 0.611. The fourth-order valence-corrected chi connectivity index (χ4v) is 2.41. The maximum atomic E-state index is 5.69. The first-order valence-corrected chi connectivity index (χ1v) is 7.10. The highest BCUT2D eigenvalue weighted by molar-refractivity contribution is 5.47. The van der Waals surface area contributed by atoms with Crippen LogP contribution in [0, 0.1) is 0 Å². The second kappa shape index (κ2) is 6.89. The normalized spacial score (nSPS) is 17.6. The molecule has 106 valence electrons. The third-order valence-corrected chi connectivity index (χ3v) is 3.93. The molecule has 1 aliphatic heterocycles. The Hall–Kier alpha value is -1.10. The van der Waals surface area contributed by atoms with E-state index in [-0.39, 0.29) is 0 Å². The van der Waals surface area contributed by atoms with Gasteiger partial charge in [0.1, 0.15) is 0 Å². The predicted octanol–water partition coefficient (Wildman–Crippen LogP) is 0.829. The Morgan fingerprint density at radius 1 is 1.21 bits per heavy atom. The number of nitrogens with zero attached hydrogens (tertiary/aromatic N) is 3. The van der Waals surface area contributed by atoms with Crippen LogP contribution in [0.5, 0.6) is 0 Å². The Bertz CT molecular complexity index is 385. The van der Waals surface area contributed by atoms with Gasteiger partial charge in [-0.05, 0) is 24.7 Å². The van der Waals surface area contributed by atoms with E-state index in [4.69, 9.17) is 5.73 Å². The molecule has 0 radical (unpaired) electrons. The molecule has 0 spiro atoms. The van der Waals surface area contributed by atoms with Crippen molar-refractivity contribution < 1.29 is 0 Å². The molecule has 1 heterocycles. The van der Waals surface area contributed by atoms with Crippen molar-refractivity contribution in [2.75, 3.05) is 58.3 Å². The largest absolute Gasteiger partial charge is 0.373 e. The van der Waals surface area contributed by atoms with Gasteiger partial charge in [0.2, 0.25) is 0 Å². The SMILES string of the molecule is CN1CCN(CCN(C)c2cccc(CN)c2)CC1. The summed E-state index contributed by atoms with van der Waals surface area (Å²) in [7, 11) is 4.35. The summed E-state index contributed by atoms with van der Waals surface area (Å²) in [6, 6.07) is 8.51. The first kappa shape index (κ1) is 14.3. The quantitative estimate of drug-likeness (QED) is 0.852. The van der Waals surface area contributed by atoms with Crippen molar-refractivity contribution in [3.05, 3.63) is 29.8 Å². The van der Waals surface area contributed by atoms with Gasteiger partial charge in [0, 0.05) is 58.5 Å². The molecule has 2 N–H and O–H groups in total. The Morgan fingerprint density at radius 3 is 2.63 bits per heavy atom. The summed E-state index contributed by atoms with van der Waals surface area (Å²) in [6.45, 7) is 7.56. The average Bonchev–Trinajstić information content (AvgIpc) is 2.46. The van der Waals surface area contributed by atoms with E-state index in [2.05, 4.69) is 53.1 Å². The van der Waals surface area contributed by atoms with Crippen molar-refractivity contribution in [2.24, 2.45) is 5.73 Å². The molecule has 0 aromatic heterocycles. The average molecular weight is 262 g/mol. The third-order valence-electron chi connectivity index (χ3n) is 3.93. The van der Waals surface area contributed by atoms with E-state index < -0.39 is 0 Å². The van der Waals surface area contributed by atoms with E-state index in [0.717, 1.165) is 13.1 Å². The maximum absolute atomic E-state index is 5.69. The van der Waals surface area contributed by atoms with Crippen molar-refractivity contribution in [3.63, 3.8) is 0 Å². The van der Waals surface area contributed by atoms with Crippen LogP contribution in [-0.4, -0.2) is 63.2 Å². The summed E-state index contributed by atoms with van der Waals surface area (Å²) < 4.78 is 0. The second-order valence-corrected chi connectivity index (χ2v) is 5.44. The lowest BCUT2D eigenvalue weighted by atomic mass is 10.2. The predicted molar refractivity (Wildman–Crippen MR) is 81.5 cm³/mol. The van der Waals surface area contributed by atoms with Crippen LogP contribution in [0.25, 0.3) is 0 Å². The summed E-state index contributed by atoms with van der Waals surface area (Å²) in [6.07, 6.45) is 0. The van der Waals surface area contributed by atoms with Gasteiger partial charge in [-0.25, -0.2) is 0 Å². The fraction of sp³-hybridized carbons (Fsp3) is 0.600. The molecule has 1 aromatic rings. The van der Waals surface area contributed by atoms with Crippen molar-refractivity contribution >= 4 is 5.69 Å². The summed E-state index contributed by atoms with van der Waals surface area (Å²) in [5.74, 6) is 0. The number of piperazine rings is 1. The molecule has 4 nitrogen and oxygen atoms in total. The number of rotatable bonds is 5. The molecule has 1 aliphatic rings. The summed E-state index contributed by atoms with van der Waals surface area (Å²) >= 11 is 0. The zero-order chi connectivity index (χ0) is 13.7. The summed E-state index contributed by atoms with van der Waals surface area (Å²) in [4.78, 5) is 7.26. The van der Waals surface area contributed by atoms with Gasteiger partial charge < -0.3 is 15.5 Å². The number of nitrogens with two attached hydrogens (primary N) is 1. The van der Waals surface area contributed by atoms with E-state index in [1.807, 2.05) is 0 Å².